The van der Waals surface area contributed by atoms with Crippen LogP contribution in [0.15, 0.2) is 34.0 Å². The van der Waals surface area contributed by atoms with Gasteiger partial charge in [-0.05, 0) is 20.8 Å². The lowest BCUT2D eigenvalue weighted by Gasteiger charge is -2.22. The molecule has 2 aromatic heterocycles. The van der Waals surface area contributed by atoms with Gasteiger partial charge >= 0.3 is 0 Å². The smallest absolute Gasteiger partial charge is 0.293 e. The highest BCUT2D eigenvalue weighted by molar-refractivity contribution is 5.31. The number of aromatic nitrogens is 3. The Morgan fingerprint density at radius 3 is 2.83 bits per heavy atom. The molecule has 2 rings (SSSR count). The van der Waals surface area contributed by atoms with Gasteiger partial charge in [-0.25, -0.2) is 4.98 Å². The van der Waals surface area contributed by atoms with Crippen molar-refractivity contribution in [2.45, 2.75) is 32.9 Å². The molecule has 6 nitrogen and oxygen atoms in total. The van der Waals surface area contributed by atoms with E-state index >= 15 is 0 Å². The quantitative estimate of drug-likeness (QED) is 0.893. The van der Waals surface area contributed by atoms with E-state index < -0.39 is 0 Å². The topological polar surface area (TPSA) is 73.0 Å². The highest BCUT2D eigenvalue weighted by atomic mass is 16.5. The van der Waals surface area contributed by atoms with E-state index in [4.69, 9.17) is 4.52 Å². The number of nitrogens with one attached hydrogen (secondary N) is 1. The molecule has 0 aliphatic carbocycles. The van der Waals surface area contributed by atoms with Gasteiger partial charge in [-0.1, -0.05) is 5.16 Å². The van der Waals surface area contributed by atoms with Gasteiger partial charge in [0, 0.05) is 24.0 Å². The Morgan fingerprint density at radius 2 is 2.22 bits per heavy atom. The maximum absolute atomic E-state index is 12.2. The molecule has 18 heavy (non-hydrogen) atoms. The van der Waals surface area contributed by atoms with Gasteiger partial charge in [-0.2, -0.15) is 0 Å². The van der Waals surface area contributed by atoms with E-state index in [0.717, 1.165) is 5.69 Å². The fourth-order valence-electron chi connectivity index (χ4n) is 1.56. The molecule has 1 N–H and O–H groups in total. The molecule has 6 heteroatoms. The summed E-state index contributed by atoms with van der Waals surface area (Å²) >= 11 is 0. The van der Waals surface area contributed by atoms with Crippen molar-refractivity contribution in [3.8, 4) is 0 Å². The van der Waals surface area contributed by atoms with E-state index in [9.17, 15) is 4.79 Å². The number of hydrogen-bond acceptors (Lipinski definition) is 5. The average Bonchev–Trinajstić information content (AvgIpc) is 2.79. The van der Waals surface area contributed by atoms with Crippen LogP contribution in [-0.4, -0.2) is 14.7 Å². The van der Waals surface area contributed by atoms with Crippen LogP contribution in [-0.2, 0) is 12.1 Å². The summed E-state index contributed by atoms with van der Waals surface area (Å²) in [6, 6.07) is 1.73. The van der Waals surface area contributed by atoms with Gasteiger partial charge in [0.15, 0.2) is 5.82 Å². The Balaban J connectivity index is 2.22. The van der Waals surface area contributed by atoms with Crippen molar-refractivity contribution in [3.63, 3.8) is 0 Å². The number of rotatable bonds is 3. The third-order valence-electron chi connectivity index (χ3n) is 2.49. The molecule has 0 saturated carbocycles. The van der Waals surface area contributed by atoms with Gasteiger partial charge in [0.25, 0.3) is 5.56 Å². The molecule has 0 radical (unpaired) electrons. The van der Waals surface area contributed by atoms with E-state index in [1.54, 1.807) is 23.0 Å². The Bertz CT molecular complexity index is 567. The first-order chi connectivity index (χ1) is 8.48. The second kappa shape index (κ2) is 4.64. The molecular formula is C12H16N4O2. The normalized spacial score (nSPS) is 11.5. The maximum Gasteiger partial charge on any atom is 0.293 e. The first kappa shape index (κ1) is 12.3. The monoisotopic (exact) mass is 248 g/mol. The predicted octanol–water partition coefficient (Wildman–Crippen LogP) is 1.60. The minimum absolute atomic E-state index is 0.145. The lowest BCUT2D eigenvalue weighted by Crippen LogP contribution is -2.35. The standard InChI is InChI=1S/C12H16N4O2/c1-12(2,3)16-6-5-13-10(11(16)17)14-8-9-4-7-18-15-9/h4-7H,8H2,1-3H3,(H,13,14). The van der Waals surface area contributed by atoms with Crippen molar-refractivity contribution in [1.82, 2.24) is 14.7 Å². The molecule has 0 spiro atoms. The second-order valence-electron chi connectivity index (χ2n) is 4.97. The summed E-state index contributed by atoms with van der Waals surface area (Å²) in [5.41, 5.74) is 0.306. The first-order valence-electron chi connectivity index (χ1n) is 5.70. The molecule has 0 unspecified atom stereocenters. The Kier molecular flexibility index (Phi) is 3.18. The van der Waals surface area contributed by atoms with E-state index in [1.807, 2.05) is 20.8 Å². The summed E-state index contributed by atoms with van der Waals surface area (Å²) in [5.74, 6) is 0.315. The lowest BCUT2D eigenvalue weighted by atomic mass is 10.1. The Hall–Kier alpha value is -2.11. The van der Waals surface area contributed by atoms with E-state index in [1.165, 1.54) is 6.26 Å². The molecule has 0 amide bonds. The predicted molar refractivity (Wildman–Crippen MR) is 67.3 cm³/mol. The minimum Gasteiger partial charge on any atom is -0.364 e. The van der Waals surface area contributed by atoms with Gasteiger partial charge < -0.3 is 14.4 Å². The molecule has 96 valence electrons. The van der Waals surface area contributed by atoms with E-state index in [0.29, 0.717) is 12.4 Å². The third-order valence-corrected chi connectivity index (χ3v) is 2.49. The van der Waals surface area contributed by atoms with Crippen LogP contribution in [0.5, 0.6) is 0 Å². The van der Waals surface area contributed by atoms with Crippen LogP contribution in [0.2, 0.25) is 0 Å². The van der Waals surface area contributed by atoms with Crippen LogP contribution in [0.1, 0.15) is 26.5 Å². The summed E-state index contributed by atoms with van der Waals surface area (Å²) in [5, 5.41) is 6.72. The third kappa shape index (κ3) is 2.58. The Labute approximate surface area is 105 Å². The number of anilines is 1. The summed E-state index contributed by atoms with van der Waals surface area (Å²) in [4.78, 5) is 16.2. The fraction of sp³-hybridized carbons (Fsp3) is 0.417. The first-order valence-corrected chi connectivity index (χ1v) is 5.70. The maximum atomic E-state index is 12.2. The van der Waals surface area contributed by atoms with Crippen molar-refractivity contribution >= 4 is 5.82 Å². The Morgan fingerprint density at radius 1 is 1.44 bits per heavy atom. The van der Waals surface area contributed by atoms with Crippen molar-refractivity contribution in [3.05, 3.63) is 40.8 Å². The zero-order valence-electron chi connectivity index (χ0n) is 10.7. The lowest BCUT2D eigenvalue weighted by molar-refractivity contribution is 0.383. The van der Waals surface area contributed by atoms with Crippen molar-refractivity contribution in [2.75, 3.05) is 5.32 Å². The molecular weight excluding hydrogens is 232 g/mol. The van der Waals surface area contributed by atoms with Crippen molar-refractivity contribution in [2.24, 2.45) is 0 Å². The number of nitrogens with zero attached hydrogens (tertiary/aromatic N) is 3. The molecule has 0 saturated heterocycles. The highest BCUT2D eigenvalue weighted by Crippen LogP contribution is 2.10. The van der Waals surface area contributed by atoms with Crippen molar-refractivity contribution in [1.29, 1.82) is 0 Å². The zero-order chi connectivity index (χ0) is 13.2. The summed E-state index contributed by atoms with van der Waals surface area (Å²) in [7, 11) is 0. The molecule has 0 aliphatic rings. The van der Waals surface area contributed by atoms with Gasteiger partial charge in [-0.15, -0.1) is 0 Å². The van der Waals surface area contributed by atoms with Crippen LogP contribution in [0.25, 0.3) is 0 Å². The van der Waals surface area contributed by atoms with Crippen molar-refractivity contribution < 1.29 is 4.52 Å². The molecule has 2 heterocycles. The summed E-state index contributed by atoms with van der Waals surface area (Å²) in [6.45, 7) is 6.31. The van der Waals surface area contributed by atoms with Gasteiger partial charge in [0.05, 0.1) is 6.54 Å². The summed E-state index contributed by atoms with van der Waals surface area (Å²) < 4.78 is 6.36. The van der Waals surface area contributed by atoms with Gasteiger partial charge in [0.1, 0.15) is 12.0 Å². The van der Waals surface area contributed by atoms with Crippen LogP contribution in [0.3, 0.4) is 0 Å². The van der Waals surface area contributed by atoms with E-state index in [-0.39, 0.29) is 11.1 Å². The SMILES string of the molecule is CC(C)(C)n1ccnc(NCc2ccon2)c1=O. The largest absolute Gasteiger partial charge is 0.364 e. The molecule has 0 bridgehead atoms. The van der Waals surface area contributed by atoms with Gasteiger partial charge in [-0.3, -0.25) is 4.79 Å². The minimum atomic E-state index is -0.273. The zero-order valence-corrected chi connectivity index (χ0v) is 10.7. The van der Waals surface area contributed by atoms with Crippen LogP contribution in [0.4, 0.5) is 5.82 Å². The molecule has 2 aromatic rings. The molecule has 0 aromatic carbocycles. The second-order valence-corrected chi connectivity index (χ2v) is 4.97. The van der Waals surface area contributed by atoms with E-state index in [2.05, 4.69) is 15.5 Å². The van der Waals surface area contributed by atoms with Gasteiger partial charge in [0.2, 0.25) is 0 Å². The van der Waals surface area contributed by atoms with Crippen LogP contribution in [0, 0.1) is 0 Å². The average molecular weight is 248 g/mol. The molecule has 0 aliphatic heterocycles. The molecule has 0 atom stereocenters. The molecule has 0 fully saturated rings. The van der Waals surface area contributed by atoms with Crippen LogP contribution >= 0.6 is 0 Å². The highest BCUT2D eigenvalue weighted by Gasteiger charge is 2.16. The summed E-state index contributed by atoms with van der Waals surface area (Å²) in [6.07, 6.45) is 4.78. The fourth-order valence-corrected chi connectivity index (χ4v) is 1.56. The number of hydrogen-bond donors (Lipinski definition) is 1. The van der Waals surface area contributed by atoms with Crippen LogP contribution < -0.4 is 10.9 Å².